The van der Waals surface area contributed by atoms with Gasteiger partial charge in [-0.3, -0.25) is 0 Å². The fourth-order valence-corrected chi connectivity index (χ4v) is 1.88. The van der Waals surface area contributed by atoms with Crippen LogP contribution < -0.4 is 5.32 Å². The Hall–Kier alpha value is -0.380. The molecule has 1 aliphatic rings. The van der Waals surface area contributed by atoms with E-state index in [0.29, 0.717) is 5.02 Å². The number of halogens is 2. The van der Waals surface area contributed by atoms with Gasteiger partial charge in [-0.25, -0.2) is 0 Å². The molecule has 0 spiro atoms. The van der Waals surface area contributed by atoms with E-state index in [1.54, 1.807) is 6.07 Å². The lowest BCUT2D eigenvalue weighted by atomic mass is 10.0. The van der Waals surface area contributed by atoms with Gasteiger partial charge in [-0.1, -0.05) is 29.6 Å². The third-order valence-corrected chi connectivity index (χ3v) is 3.06. The maximum absolute atomic E-state index is 5.87. The van der Waals surface area contributed by atoms with Gasteiger partial charge in [0.1, 0.15) is 0 Å². The maximum Gasteiger partial charge on any atom is 0.170 e. The average Bonchev–Trinajstić information content (AvgIpc) is 2.23. The van der Waals surface area contributed by atoms with Crippen molar-refractivity contribution in [2.45, 2.75) is 25.3 Å². The standard InChI is InChI=1S/C9H11Cl2N3/c10-6-5-8(13-14-9(6)11)7-3-1-2-4-12-7/h5,7,12H,1-4H2. The molecule has 1 atom stereocenters. The van der Waals surface area contributed by atoms with E-state index in [1.807, 2.05) is 0 Å². The Kier molecular flexibility index (Phi) is 3.21. The molecule has 2 heterocycles. The van der Waals surface area contributed by atoms with Gasteiger partial charge in [0.15, 0.2) is 5.15 Å². The van der Waals surface area contributed by atoms with Gasteiger partial charge in [0.25, 0.3) is 0 Å². The van der Waals surface area contributed by atoms with Crippen LogP contribution in [0.25, 0.3) is 0 Å². The highest BCUT2D eigenvalue weighted by atomic mass is 35.5. The third kappa shape index (κ3) is 2.16. The summed E-state index contributed by atoms with van der Waals surface area (Å²) < 4.78 is 0. The molecule has 0 saturated carbocycles. The zero-order valence-corrected chi connectivity index (χ0v) is 9.15. The smallest absolute Gasteiger partial charge is 0.170 e. The van der Waals surface area contributed by atoms with E-state index in [4.69, 9.17) is 23.2 Å². The minimum absolute atomic E-state index is 0.270. The highest BCUT2D eigenvalue weighted by Crippen LogP contribution is 2.25. The summed E-state index contributed by atoms with van der Waals surface area (Å²) in [5, 5.41) is 12.0. The quantitative estimate of drug-likeness (QED) is 0.808. The van der Waals surface area contributed by atoms with E-state index in [-0.39, 0.29) is 11.2 Å². The summed E-state index contributed by atoms with van der Waals surface area (Å²) in [6, 6.07) is 2.07. The predicted octanol–water partition coefficient (Wildman–Crippen LogP) is 2.60. The number of nitrogens with one attached hydrogen (secondary N) is 1. The summed E-state index contributed by atoms with van der Waals surface area (Å²) in [7, 11) is 0. The first-order chi connectivity index (χ1) is 6.77. The van der Waals surface area contributed by atoms with Crippen molar-refractivity contribution in [2.24, 2.45) is 0 Å². The molecule has 76 valence electrons. The molecule has 0 aromatic carbocycles. The van der Waals surface area contributed by atoms with Crippen LogP contribution in [0.4, 0.5) is 0 Å². The first kappa shape index (κ1) is 10.1. The van der Waals surface area contributed by atoms with E-state index in [1.165, 1.54) is 12.8 Å². The number of aromatic nitrogens is 2. The van der Waals surface area contributed by atoms with Gasteiger partial charge < -0.3 is 5.32 Å². The van der Waals surface area contributed by atoms with E-state index < -0.39 is 0 Å². The molecule has 1 aromatic rings. The Bertz CT molecular complexity index is 324. The zero-order chi connectivity index (χ0) is 9.97. The van der Waals surface area contributed by atoms with Crippen LogP contribution in [-0.4, -0.2) is 16.7 Å². The second-order valence-electron chi connectivity index (χ2n) is 3.41. The van der Waals surface area contributed by atoms with Gasteiger partial charge in [0, 0.05) is 0 Å². The van der Waals surface area contributed by atoms with Crippen LogP contribution in [0.1, 0.15) is 31.0 Å². The van der Waals surface area contributed by atoms with Gasteiger partial charge in [-0.15, -0.1) is 5.10 Å². The molecular formula is C9H11Cl2N3. The maximum atomic E-state index is 5.87. The molecule has 5 heteroatoms. The normalized spacial score (nSPS) is 22.3. The highest BCUT2D eigenvalue weighted by molar-refractivity contribution is 6.41. The van der Waals surface area contributed by atoms with Crippen molar-refractivity contribution < 1.29 is 0 Å². The van der Waals surface area contributed by atoms with Gasteiger partial charge in [0.05, 0.1) is 16.8 Å². The Morgan fingerprint density at radius 2 is 2.14 bits per heavy atom. The van der Waals surface area contributed by atoms with E-state index >= 15 is 0 Å². The fourth-order valence-electron chi connectivity index (χ4n) is 1.64. The summed E-state index contributed by atoms with van der Waals surface area (Å²) in [4.78, 5) is 0. The van der Waals surface area contributed by atoms with Crippen molar-refractivity contribution >= 4 is 23.2 Å². The summed E-state index contributed by atoms with van der Waals surface area (Å²) in [5.74, 6) is 0. The lowest BCUT2D eigenvalue weighted by molar-refractivity contribution is 0.403. The molecule has 2 rings (SSSR count). The fraction of sp³-hybridized carbons (Fsp3) is 0.556. The van der Waals surface area contributed by atoms with E-state index in [0.717, 1.165) is 18.7 Å². The molecule has 3 nitrogen and oxygen atoms in total. The number of hydrogen-bond donors (Lipinski definition) is 1. The minimum atomic E-state index is 0.270. The lowest BCUT2D eigenvalue weighted by Crippen LogP contribution is -2.27. The van der Waals surface area contributed by atoms with Crippen LogP contribution in [0.2, 0.25) is 10.2 Å². The van der Waals surface area contributed by atoms with Crippen molar-refractivity contribution in [1.82, 2.24) is 15.5 Å². The van der Waals surface area contributed by atoms with Crippen LogP contribution in [-0.2, 0) is 0 Å². The summed E-state index contributed by atoms with van der Waals surface area (Å²) in [5.41, 5.74) is 0.888. The molecule has 1 aliphatic heterocycles. The van der Waals surface area contributed by atoms with Gasteiger partial charge >= 0.3 is 0 Å². The van der Waals surface area contributed by atoms with Crippen LogP contribution >= 0.6 is 23.2 Å². The van der Waals surface area contributed by atoms with Crippen LogP contribution in [0.5, 0.6) is 0 Å². The first-order valence-electron chi connectivity index (χ1n) is 4.69. The van der Waals surface area contributed by atoms with Gasteiger partial charge in [0.2, 0.25) is 0 Å². The number of rotatable bonds is 1. The Balaban J connectivity index is 2.18. The van der Waals surface area contributed by atoms with E-state index in [2.05, 4.69) is 15.5 Å². The summed E-state index contributed by atoms with van der Waals surface area (Å²) in [6.45, 7) is 1.03. The second kappa shape index (κ2) is 4.43. The van der Waals surface area contributed by atoms with Crippen LogP contribution in [0.3, 0.4) is 0 Å². The Morgan fingerprint density at radius 3 is 2.79 bits per heavy atom. The molecule has 14 heavy (non-hydrogen) atoms. The number of hydrogen-bond acceptors (Lipinski definition) is 3. The zero-order valence-electron chi connectivity index (χ0n) is 7.63. The molecule has 1 aromatic heterocycles. The van der Waals surface area contributed by atoms with E-state index in [9.17, 15) is 0 Å². The van der Waals surface area contributed by atoms with Crippen molar-refractivity contribution in [3.63, 3.8) is 0 Å². The Labute approximate surface area is 92.8 Å². The topological polar surface area (TPSA) is 37.8 Å². The summed E-state index contributed by atoms with van der Waals surface area (Å²) in [6.07, 6.45) is 3.54. The molecule has 1 N–H and O–H groups in total. The van der Waals surface area contributed by atoms with Crippen molar-refractivity contribution in [1.29, 1.82) is 0 Å². The Morgan fingerprint density at radius 1 is 1.29 bits per heavy atom. The first-order valence-corrected chi connectivity index (χ1v) is 5.45. The number of nitrogens with zero attached hydrogens (tertiary/aromatic N) is 2. The minimum Gasteiger partial charge on any atom is -0.309 e. The van der Waals surface area contributed by atoms with Gasteiger partial charge in [-0.2, -0.15) is 5.10 Å². The molecule has 1 saturated heterocycles. The summed E-state index contributed by atoms with van der Waals surface area (Å²) >= 11 is 11.6. The van der Waals surface area contributed by atoms with Crippen molar-refractivity contribution in [3.05, 3.63) is 21.9 Å². The molecule has 1 unspecified atom stereocenters. The monoisotopic (exact) mass is 231 g/mol. The molecule has 0 amide bonds. The van der Waals surface area contributed by atoms with Crippen molar-refractivity contribution in [3.8, 4) is 0 Å². The largest absolute Gasteiger partial charge is 0.309 e. The third-order valence-electron chi connectivity index (χ3n) is 2.39. The highest BCUT2D eigenvalue weighted by Gasteiger charge is 2.17. The number of piperidine rings is 1. The average molecular weight is 232 g/mol. The van der Waals surface area contributed by atoms with Crippen molar-refractivity contribution in [2.75, 3.05) is 6.54 Å². The predicted molar refractivity (Wildman–Crippen MR) is 56.6 cm³/mol. The molecule has 0 aliphatic carbocycles. The van der Waals surface area contributed by atoms with Gasteiger partial charge in [-0.05, 0) is 25.5 Å². The second-order valence-corrected chi connectivity index (χ2v) is 4.18. The lowest BCUT2D eigenvalue weighted by Gasteiger charge is -2.22. The molecule has 1 fully saturated rings. The molecular weight excluding hydrogens is 221 g/mol. The molecule has 0 radical (unpaired) electrons. The van der Waals surface area contributed by atoms with Crippen LogP contribution in [0, 0.1) is 0 Å². The van der Waals surface area contributed by atoms with Crippen LogP contribution in [0.15, 0.2) is 6.07 Å². The molecule has 0 bridgehead atoms. The SMILES string of the molecule is Clc1cc(C2CCCCN2)nnc1Cl.